The summed E-state index contributed by atoms with van der Waals surface area (Å²) in [5.41, 5.74) is 5.28. The second-order valence-electron chi connectivity index (χ2n) is 4.83. The molecule has 2 heterocycles. The van der Waals surface area contributed by atoms with Crippen molar-refractivity contribution in [1.82, 2.24) is 20.5 Å². The number of aromatic nitrogens is 3. The molecule has 0 radical (unpaired) electrons. The van der Waals surface area contributed by atoms with Gasteiger partial charge >= 0.3 is 0 Å². The third kappa shape index (κ3) is 2.68. The van der Waals surface area contributed by atoms with E-state index in [0.29, 0.717) is 19.8 Å². The summed E-state index contributed by atoms with van der Waals surface area (Å²) in [4.78, 5) is 16.0. The third-order valence-corrected chi connectivity index (χ3v) is 3.38. The molecule has 0 spiro atoms. The lowest BCUT2D eigenvalue weighted by Gasteiger charge is -2.25. The van der Waals surface area contributed by atoms with Crippen LogP contribution in [0.3, 0.4) is 0 Å². The molecule has 1 aromatic heterocycles. The van der Waals surface area contributed by atoms with E-state index in [0.717, 1.165) is 18.7 Å². The van der Waals surface area contributed by atoms with Crippen molar-refractivity contribution in [3.63, 3.8) is 0 Å². The second-order valence-corrected chi connectivity index (χ2v) is 4.83. The lowest BCUT2D eigenvalue weighted by Crippen LogP contribution is -2.50. The van der Waals surface area contributed by atoms with Gasteiger partial charge in [0.2, 0.25) is 5.91 Å². The molecule has 4 N–H and O–H groups in total. The fourth-order valence-corrected chi connectivity index (χ4v) is 1.93. The zero-order chi connectivity index (χ0) is 13.0. The summed E-state index contributed by atoms with van der Waals surface area (Å²) in [6.07, 6.45) is 3.05. The Balaban J connectivity index is 1.72. The molecule has 2 rings (SSSR count). The predicted molar refractivity (Wildman–Crippen MR) is 64.6 cm³/mol. The van der Waals surface area contributed by atoms with E-state index in [1.165, 1.54) is 6.33 Å². The van der Waals surface area contributed by atoms with Crippen LogP contribution in [0.15, 0.2) is 6.33 Å². The first-order valence-corrected chi connectivity index (χ1v) is 6.09. The van der Waals surface area contributed by atoms with E-state index in [4.69, 9.17) is 10.5 Å². The Morgan fingerprint density at radius 2 is 2.61 bits per heavy atom. The first-order valence-electron chi connectivity index (χ1n) is 6.09. The maximum absolute atomic E-state index is 12.0. The summed E-state index contributed by atoms with van der Waals surface area (Å²) in [6, 6.07) is -0.230. The normalized spacial score (nSPS) is 27.3. The summed E-state index contributed by atoms with van der Waals surface area (Å²) in [5.74, 6) is 0.793. The molecule has 0 aliphatic carbocycles. The van der Waals surface area contributed by atoms with Crippen molar-refractivity contribution in [2.75, 3.05) is 19.8 Å². The van der Waals surface area contributed by atoms with Gasteiger partial charge < -0.3 is 15.8 Å². The molecule has 7 heteroatoms. The predicted octanol–water partition coefficient (Wildman–Crippen LogP) is -0.783. The van der Waals surface area contributed by atoms with Gasteiger partial charge in [-0.05, 0) is 13.3 Å². The topological polar surface area (TPSA) is 106 Å². The number of nitrogens with one attached hydrogen (secondary N) is 2. The maximum atomic E-state index is 12.0. The van der Waals surface area contributed by atoms with Crippen molar-refractivity contribution in [3.8, 4) is 0 Å². The third-order valence-electron chi connectivity index (χ3n) is 3.38. The van der Waals surface area contributed by atoms with Gasteiger partial charge in [-0.1, -0.05) is 0 Å². The number of rotatable bonds is 5. The Hall–Kier alpha value is -1.47. The molecule has 7 nitrogen and oxygen atoms in total. The fraction of sp³-hybridized carbons (Fsp3) is 0.727. The Bertz CT molecular complexity index is 394. The minimum absolute atomic E-state index is 0.0370. The molecular weight excluding hydrogens is 234 g/mol. The Labute approximate surface area is 105 Å². The molecule has 0 bridgehead atoms. The first-order chi connectivity index (χ1) is 8.63. The van der Waals surface area contributed by atoms with Crippen molar-refractivity contribution in [2.24, 2.45) is 11.1 Å². The summed E-state index contributed by atoms with van der Waals surface area (Å²) in [6.45, 7) is 3.28. The molecule has 1 fully saturated rings. The van der Waals surface area contributed by atoms with E-state index in [1.54, 1.807) is 0 Å². The molecule has 2 atom stereocenters. The van der Waals surface area contributed by atoms with Crippen molar-refractivity contribution >= 4 is 5.91 Å². The molecule has 0 aromatic carbocycles. The molecule has 18 heavy (non-hydrogen) atoms. The van der Waals surface area contributed by atoms with Crippen LogP contribution >= 0.6 is 0 Å². The monoisotopic (exact) mass is 253 g/mol. The number of nitrogens with zero attached hydrogens (tertiary/aromatic N) is 2. The highest BCUT2D eigenvalue weighted by Crippen LogP contribution is 2.26. The summed E-state index contributed by atoms with van der Waals surface area (Å²) in [7, 11) is 0. The highest BCUT2D eigenvalue weighted by atomic mass is 16.5. The number of carbonyl (C=O) groups excluding carboxylic acids is 1. The summed E-state index contributed by atoms with van der Waals surface area (Å²) in [5, 5.41) is 9.44. The van der Waals surface area contributed by atoms with Crippen molar-refractivity contribution in [3.05, 3.63) is 12.2 Å². The van der Waals surface area contributed by atoms with E-state index in [2.05, 4.69) is 20.5 Å². The number of H-pyrrole nitrogens is 1. The summed E-state index contributed by atoms with van der Waals surface area (Å²) >= 11 is 0. The van der Waals surface area contributed by atoms with Gasteiger partial charge in [0.05, 0.1) is 18.6 Å². The van der Waals surface area contributed by atoms with Crippen LogP contribution in [0.2, 0.25) is 0 Å². The van der Waals surface area contributed by atoms with Crippen molar-refractivity contribution < 1.29 is 9.53 Å². The van der Waals surface area contributed by atoms with Gasteiger partial charge in [-0.25, -0.2) is 4.98 Å². The summed E-state index contributed by atoms with van der Waals surface area (Å²) < 4.78 is 5.25. The highest BCUT2D eigenvalue weighted by molar-refractivity contribution is 5.83. The van der Waals surface area contributed by atoms with Crippen LogP contribution in [-0.2, 0) is 16.0 Å². The lowest BCUT2D eigenvalue weighted by molar-refractivity contribution is -0.130. The minimum atomic E-state index is -0.605. The van der Waals surface area contributed by atoms with E-state index >= 15 is 0 Å². The molecular formula is C11H19N5O2. The maximum Gasteiger partial charge on any atom is 0.229 e. The van der Waals surface area contributed by atoms with Crippen LogP contribution in [0.1, 0.15) is 19.2 Å². The standard InChI is InChI=1S/C11H19N5O2/c1-11(6-18-5-8(11)12)10(17)13-4-2-3-9-14-7-15-16-9/h7-8H,2-6,12H2,1H3,(H,13,17)(H,14,15,16). The molecule has 2 unspecified atom stereocenters. The molecule has 100 valence electrons. The van der Waals surface area contributed by atoms with Gasteiger partial charge in [0.15, 0.2) is 0 Å². The molecule has 1 aliphatic heterocycles. The number of aryl methyl sites for hydroxylation is 1. The number of aromatic amines is 1. The number of ether oxygens (including phenoxy) is 1. The fourth-order valence-electron chi connectivity index (χ4n) is 1.93. The average Bonchev–Trinajstić information content (AvgIpc) is 2.97. The number of nitrogens with two attached hydrogens (primary N) is 1. The van der Waals surface area contributed by atoms with Gasteiger partial charge in [0, 0.05) is 19.0 Å². The Morgan fingerprint density at radius 3 is 3.22 bits per heavy atom. The van der Waals surface area contributed by atoms with Gasteiger partial charge in [0.25, 0.3) is 0 Å². The first kappa shape index (κ1) is 13.0. The van der Waals surface area contributed by atoms with Crippen LogP contribution in [0, 0.1) is 5.41 Å². The molecule has 1 saturated heterocycles. The van der Waals surface area contributed by atoms with Crippen molar-refractivity contribution in [1.29, 1.82) is 0 Å². The minimum Gasteiger partial charge on any atom is -0.379 e. The van der Waals surface area contributed by atoms with Crippen molar-refractivity contribution in [2.45, 2.75) is 25.8 Å². The van der Waals surface area contributed by atoms with Gasteiger partial charge in [-0.3, -0.25) is 9.89 Å². The van der Waals surface area contributed by atoms with Gasteiger partial charge in [-0.15, -0.1) is 0 Å². The zero-order valence-corrected chi connectivity index (χ0v) is 10.5. The molecule has 1 aliphatic rings. The molecule has 0 saturated carbocycles. The average molecular weight is 253 g/mol. The number of hydrogen-bond acceptors (Lipinski definition) is 5. The van der Waals surface area contributed by atoms with Crippen LogP contribution in [0.5, 0.6) is 0 Å². The Kier molecular flexibility index (Phi) is 3.93. The van der Waals surface area contributed by atoms with Gasteiger partial charge in [-0.2, -0.15) is 5.10 Å². The van der Waals surface area contributed by atoms with Crippen LogP contribution in [0.25, 0.3) is 0 Å². The smallest absolute Gasteiger partial charge is 0.229 e. The zero-order valence-electron chi connectivity index (χ0n) is 10.5. The van der Waals surface area contributed by atoms with Crippen LogP contribution in [-0.4, -0.2) is 46.9 Å². The lowest BCUT2D eigenvalue weighted by atomic mass is 9.85. The molecule has 1 aromatic rings. The second kappa shape index (κ2) is 5.45. The van der Waals surface area contributed by atoms with E-state index < -0.39 is 5.41 Å². The van der Waals surface area contributed by atoms with Crippen LogP contribution in [0.4, 0.5) is 0 Å². The van der Waals surface area contributed by atoms with Gasteiger partial charge in [0.1, 0.15) is 12.2 Å². The van der Waals surface area contributed by atoms with Crippen LogP contribution < -0.4 is 11.1 Å². The number of hydrogen-bond donors (Lipinski definition) is 3. The largest absolute Gasteiger partial charge is 0.379 e. The molecule has 1 amide bonds. The van der Waals surface area contributed by atoms with E-state index in [-0.39, 0.29) is 11.9 Å². The quantitative estimate of drug-likeness (QED) is 0.597. The number of amides is 1. The number of carbonyl (C=O) groups is 1. The van der Waals surface area contributed by atoms with E-state index in [1.807, 2.05) is 6.92 Å². The SMILES string of the molecule is CC1(C(=O)NCCCc2ncn[nH]2)COCC1N. The Morgan fingerprint density at radius 1 is 1.78 bits per heavy atom. The van der Waals surface area contributed by atoms with E-state index in [9.17, 15) is 4.79 Å². The highest BCUT2D eigenvalue weighted by Gasteiger charge is 2.44.